The Labute approximate surface area is 195 Å². The molecule has 0 saturated heterocycles. The van der Waals surface area contributed by atoms with Crippen molar-refractivity contribution in [2.45, 2.75) is 32.4 Å². The number of hydrogen-bond acceptors (Lipinski definition) is 3. The molecule has 5 heteroatoms. The van der Waals surface area contributed by atoms with E-state index in [2.05, 4.69) is 18.2 Å². The molecule has 3 aromatic rings. The van der Waals surface area contributed by atoms with Gasteiger partial charge < -0.3 is 14.5 Å². The minimum atomic E-state index is -0.222. The van der Waals surface area contributed by atoms with Crippen LogP contribution in [0, 0.1) is 0 Å². The number of amides is 2. The molecule has 0 radical (unpaired) electrons. The van der Waals surface area contributed by atoms with E-state index in [0.29, 0.717) is 17.9 Å². The van der Waals surface area contributed by atoms with Crippen LogP contribution in [-0.2, 0) is 11.2 Å². The van der Waals surface area contributed by atoms with Crippen molar-refractivity contribution in [3.8, 4) is 5.75 Å². The second-order valence-corrected chi connectivity index (χ2v) is 8.68. The lowest BCUT2D eigenvalue weighted by Crippen LogP contribution is -2.40. The number of ether oxygens (including phenoxy) is 1. The largest absolute Gasteiger partial charge is 0.484 e. The van der Waals surface area contributed by atoms with E-state index in [9.17, 15) is 9.59 Å². The Kier molecular flexibility index (Phi) is 6.78. The van der Waals surface area contributed by atoms with Crippen molar-refractivity contribution in [3.63, 3.8) is 0 Å². The van der Waals surface area contributed by atoms with E-state index >= 15 is 0 Å². The normalized spacial score (nSPS) is 15.2. The molecule has 0 aromatic heterocycles. The predicted molar refractivity (Wildman–Crippen MR) is 129 cm³/mol. The first kappa shape index (κ1) is 22.6. The summed E-state index contributed by atoms with van der Waals surface area (Å²) in [4.78, 5) is 29.5. The molecule has 4 rings (SSSR count). The molecule has 0 spiro atoms. The third kappa shape index (κ3) is 4.92. The molecule has 2 amide bonds. The monoisotopic (exact) mass is 442 g/mol. The number of fused-ring (bicyclic) bond motifs is 1. The van der Waals surface area contributed by atoms with Crippen molar-refractivity contribution in [1.29, 1.82) is 0 Å². The first-order valence-corrected chi connectivity index (χ1v) is 11.4. The molecule has 1 aliphatic rings. The fourth-order valence-corrected chi connectivity index (χ4v) is 4.18. The van der Waals surface area contributed by atoms with Gasteiger partial charge in [0.25, 0.3) is 11.8 Å². The highest BCUT2D eigenvalue weighted by molar-refractivity contribution is 5.95. The average molecular weight is 443 g/mol. The minimum Gasteiger partial charge on any atom is -0.484 e. The highest BCUT2D eigenvalue weighted by Gasteiger charge is 2.33. The van der Waals surface area contributed by atoms with Crippen molar-refractivity contribution in [3.05, 3.63) is 101 Å². The van der Waals surface area contributed by atoms with Crippen LogP contribution in [0.15, 0.2) is 78.9 Å². The summed E-state index contributed by atoms with van der Waals surface area (Å²) < 4.78 is 5.88. The maximum absolute atomic E-state index is 13.5. The standard InChI is InChI=1S/C28H30N2O3/c1-20(2)29(3)26(31)19-33-24-15-14-21-16-17-30(28(32)23-12-8-5-9-13-23)27(25(21)18-24)22-10-6-4-7-11-22/h4-15,18,20,27H,16-17,19H2,1-3H3. The van der Waals surface area contributed by atoms with Crippen LogP contribution in [-0.4, -0.2) is 47.9 Å². The van der Waals surface area contributed by atoms with Gasteiger partial charge in [0.15, 0.2) is 6.61 Å². The summed E-state index contributed by atoms with van der Waals surface area (Å²) in [6, 6.07) is 25.3. The molecule has 0 N–H and O–H groups in total. The Bertz CT molecular complexity index is 1110. The molecule has 3 aromatic carbocycles. The summed E-state index contributed by atoms with van der Waals surface area (Å²) in [5.74, 6) is 0.576. The van der Waals surface area contributed by atoms with Gasteiger partial charge in [0.05, 0.1) is 6.04 Å². The van der Waals surface area contributed by atoms with Crippen LogP contribution >= 0.6 is 0 Å². The number of likely N-dealkylation sites (N-methyl/N-ethyl adjacent to an activating group) is 1. The maximum atomic E-state index is 13.5. The quantitative estimate of drug-likeness (QED) is 0.555. The Morgan fingerprint density at radius 3 is 2.33 bits per heavy atom. The fourth-order valence-electron chi connectivity index (χ4n) is 4.18. The molecule has 0 aliphatic carbocycles. The van der Waals surface area contributed by atoms with Gasteiger partial charge in [-0.1, -0.05) is 54.6 Å². The Balaban J connectivity index is 1.66. The zero-order chi connectivity index (χ0) is 23.4. The molecular formula is C28H30N2O3. The molecule has 1 unspecified atom stereocenters. The lowest BCUT2D eigenvalue weighted by atomic mass is 9.87. The second-order valence-electron chi connectivity index (χ2n) is 8.68. The van der Waals surface area contributed by atoms with E-state index in [1.807, 2.05) is 79.4 Å². The summed E-state index contributed by atoms with van der Waals surface area (Å²) in [6.07, 6.45) is 0.770. The fraction of sp³-hybridized carbons (Fsp3) is 0.286. The summed E-state index contributed by atoms with van der Waals surface area (Å²) in [5.41, 5.74) is 3.96. The smallest absolute Gasteiger partial charge is 0.260 e. The van der Waals surface area contributed by atoms with Gasteiger partial charge in [-0.25, -0.2) is 0 Å². The zero-order valence-corrected chi connectivity index (χ0v) is 19.4. The average Bonchev–Trinajstić information content (AvgIpc) is 2.86. The molecule has 1 heterocycles. The van der Waals surface area contributed by atoms with Gasteiger partial charge in [0.1, 0.15) is 5.75 Å². The van der Waals surface area contributed by atoms with Crippen molar-refractivity contribution < 1.29 is 14.3 Å². The number of hydrogen-bond donors (Lipinski definition) is 0. The number of benzene rings is 3. The van der Waals surface area contributed by atoms with Gasteiger partial charge in [-0.05, 0) is 61.2 Å². The molecule has 1 atom stereocenters. The highest BCUT2D eigenvalue weighted by atomic mass is 16.5. The first-order valence-electron chi connectivity index (χ1n) is 11.4. The van der Waals surface area contributed by atoms with Crippen molar-refractivity contribution in [2.24, 2.45) is 0 Å². The van der Waals surface area contributed by atoms with Gasteiger partial charge in [-0.15, -0.1) is 0 Å². The van der Waals surface area contributed by atoms with E-state index in [-0.39, 0.29) is 30.5 Å². The third-order valence-electron chi connectivity index (χ3n) is 6.27. The van der Waals surface area contributed by atoms with Crippen LogP contribution in [0.25, 0.3) is 0 Å². The lowest BCUT2D eigenvalue weighted by molar-refractivity contribution is -0.133. The van der Waals surface area contributed by atoms with Crippen LogP contribution in [0.4, 0.5) is 0 Å². The maximum Gasteiger partial charge on any atom is 0.260 e. The van der Waals surface area contributed by atoms with Crippen LogP contribution < -0.4 is 4.74 Å². The second kappa shape index (κ2) is 9.90. The van der Waals surface area contributed by atoms with E-state index < -0.39 is 0 Å². The molecule has 0 saturated carbocycles. The van der Waals surface area contributed by atoms with Crippen LogP contribution in [0.5, 0.6) is 5.75 Å². The van der Waals surface area contributed by atoms with Gasteiger partial charge in [-0.2, -0.15) is 0 Å². The Morgan fingerprint density at radius 1 is 1.00 bits per heavy atom. The summed E-state index contributed by atoms with van der Waals surface area (Å²) in [5, 5.41) is 0. The molecule has 0 bridgehead atoms. The number of carbonyl (C=O) groups excluding carboxylic acids is 2. The highest BCUT2D eigenvalue weighted by Crippen LogP contribution is 2.38. The minimum absolute atomic E-state index is 0.00941. The van der Waals surface area contributed by atoms with E-state index in [4.69, 9.17) is 4.74 Å². The predicted octanol–water partition coefficient (Wildman–Crippen LogP) is 4.72. The number of carbonyl (C=O) groups is 2. The lowest BCUT2D eigenvalue weighted by Gasteiger charge is -2.38. The van der Waals surface area contributed by atoms with Gasteiger partial charge in [-0.3, -0.25) is 9.59 Å². The number of rotatable bonds is 6. The molecule has 33 heavy (non-hydrogen) atoms. The van der Waals surface area contributed by atoms with Crippen molar-refractivity contribution >= 4 is 11.8 Å². The summed E-state index contributed by atoms with van der Waals surface area (Å²) >= 11 is 0. The van der Waals surface area contributed by atoms with Crippen LogP contribution in [0.1, 0.15) is 46.9 Å². The first-order chi connectivity index (χ1) is 16.0. The molecular weight excluding hydrogens is 412 g/mol. The Morgan fingerprint density at radius 2 is 1.67 bits per heavy atom. The third-order valence-corrected chi connectivity index (χ3v) is 6.27. The van der Waals surface area contributed by atoms with Crippen molar-refractivity contribution in [1.82, 2.24) is 9.80 Å². The van der Waals surface area contributed by atoms with Crippen molar-refractivity contribution in [2.75, 3.05) is 20.2 Å². The number of nitrogens with zero attached hydrogens (tertiary/aromatic N) is 2. The zero-order valence-electron chi connectivity index (χ0n) is 19.4. The van der Waals surface area contributed by atoms with Gasteiger partial charge in [0, 0.05) is 25.2 Å². The Hall–Kier alpha value is -3.60. The topological polar surface area (TPSA) is 49.9 Å². The van der Waals surface area contributed by atoms with Crippen LogP contribution in [0.2, 0.25) is 0 Å². The SMILES string of the molecule is CC(C)N(C)C(=O)COc1ccc2c(c1)C(c1ccccc1)N(C(=O)c1ccccc1)CC2. The van der Waals surface area contributed by atoms with E-state index in [1.165, 1.54) is 5.56 Å². The van der Waals surface area contributed by atoms with E-state index in [0.717, 1.165) is 17.5 Å². The molecule has 0 fully saturated rings. The molecule has 170 valence electrons. The summed E-state index contributed by atoms with van der Waals surface area (Å²) in [6.45, 7) is 4.56. The summed E-state index contributed by atoms with van der Waals surface area (Å²) in [7, 11) is 1.78. The van der Waals surface area contributed by atoms with E-state index in [1.54, 1.807) is 11.9 Å². The molecule has 1 aliphatic heterocycles. The molecule has 5 nitrogen and oxygen atoms in total. The van der Waals surface area contributed by atoms with Crippen LogP contribution in [0.3, 0.4) is 0 Å². The van der Waals surface area contributed by atoms with Gasteiger partial charge in [0.2, 0.25) is 0 Å². The van der Waals surface area contributed by atoms with Gasteiger partial charge >= 0.3 is 0 Å².